The van der Waals surface area contributed by atoms with E-state index >= 15 is 0 Å². The molecule has 0 saturated carbocycles. The number of halogens is 3. The Balaban J connectivity index is 0.00000121. The van der Waals surface area contributed by atoms with E-state index in [2.05, 4.69) is 57.3 Å². The van der Waals surface area contributed by atoms with Gasteiger partial charge in [-0.3, -0.25) is 9.98 Å². The van der Waals surface area contributed by atoms with Gasteiger partial charge in [0, 0.05) is 39.1 Å². The molecule has 7 heteroatoms. The summed E-state index contributed by atoms with van der Waals surface area (Å²) in [7, 11) is 0. The monoisotopic (exact) mass is 486 g/mol. The summed E-state index contributed by atoms with van der Waals surface area (Å²) in [5.41, 5.74) is 3.53. The number of thiophene rings is 2. The molecule has 0 aromatic carbocycles. The summed E-state index contributed by atoms with van der Waals surface area (Å²) in [6, 6.07) is 12.7. The maximum atomic E-state index is 4.75. The normalized spacial score (nSPS) is 15.1. The van der Waals surface area contributed by atoms with E-state index in [9.17, 15) is 0 Å². The molecule has 0 bridgehead atoms. The van der Waals surface area contributed by atoms with Crippen LogP contribution in [0.1, 0.15) is 23.3 Å². The van der Waals surface area contributed by atoms with E-state index in [1.165, 1.54) is 24.0 Å². The van der Waals surface area contributed by atoms with Crippen LogP contribution in [0.25, 0.3) is 15.8 Å². The Labute approximate surface area is 182 Å². The van der Waals surface area contributed by atoms with Crippen molar-refractivity contribution in [1.29, 1.82) is 0 Å². The van der Waals surface area contributed by atoms with E-state index in [0.29, 0.717) is 0 Å². The molecule has 0 saturated heterocycles. The summed E-state index contributed by atoms with van der Waals surface area (Å²) in [4.78, 5) is 12.9. The van der Waals surface area contributed by atoms with Gasteiger partial charge in [0.1, 0.15) is 0 Å². The van der Waals surface area contributed by atoms with Gasteiger partial charge in [0.05, 0.1) is 9.50 Å². The number of hydrogen-bond acceptors (Lipinski definition) is 4. The third-order valence-corrected chi connectivity index (χ3v) is 6.72. The van der Waals surface area contributed by atoms with Crippen molar-refractivity contribution in [2.45, 2.75) is 12.8 Å². The summed E-state index contributed by atoms with van der Waals surface area (Å²) in [5.74, 6) is 0. The Kier molecular flexibility index (Phi) is 8.05. The second-order valence-electron chi connectivity index (χ2n) is 5.55. The molecule has 26 heavy (non-hydrogen) atoms. The minimum Gasteiger partial charge on any atom is -0.284 e. The summed E-state index contributed by atoms with van der Waals surface area (Å²) < 4.78 is 1.17. The van der Waals surface area contributed by atoms with Crippen LogP contribution in [0.15, 0.2) is 63.1 Å². The van der Waals surface area contributed by atoms with Gasteiger partial charge in [0.15, 0.2) is 0 Å². The molecule has 0 fully saturated rings. The van der Waals surface area contributed by atoms with Gasteiger partial charge in [-0.2, -0.15) is 0 Å². The summed E-state index contributed by atoms with van der Waals surface area (Å²) in [6.45, 7) is 0.903. The number of hydrogen-bond donors (Lipinski definition) is 0. The minimum atomic E-state index is 0. The Bertz CT molecular complexity index is 917. The molecule has 1 aliphatic heterocycles. The standard InChI is InChI=1S/C19H15BrN2S2.2ClH/c20-18-8-7-17(24-18)16-6-5-15(23-16)11-13-3-2-10-22-19(13)14-4-1-9-21-12-14;;/h1,4-9,11-12H,2-3,10H2;2*1H/b13-11+;;. The van der Waals surface area contributed by atoms with Crippen molar-refractivity contribution in [3.05, 3.63) is 68.6 Å². The Morgan fingerprint density at radius 3 is 2.54 bits per heavy atom. The van der Waals surface area contributed by atoms with Gasteiger partial charge in [-0.05, 0) is 76.8 Å². The predicted octanol–water partition coefficient (Wildman–Crippen LogP) is 7.14. The highest BCUT2D eigenvalue weighted by Crippen LogP contribution is 2.36. The van der Waals surface area contributed by atoms with Crippen molar-refractivity contribution < 1.29 is 0 Å². The van der Waals surface area contributed by atoms with Crippen molar-refractivity contribution in [3.63, 3.8) is 0 Å². The largest absolute Gasteiger partial charge is 0.284 e. The Morgan fingerprint density at radius 2 is 1.81 bits per heavy atom. The molecule has 0 amide bonds. The fourth-order valence-electron chi connectivity index (χ4n) is 2.78. The molecule has 0 radical (unpaired) electrons. The van der Waals surface area contributed by atoms with E-state index in [1.54, 1.807) is 17.5 Å². The molecule has 2 nitrogen and oxygen atoms in total. The molecule has 0 N–H and O–H groups in total. The molecule has 1 aliphatic rings. The van der Waals surface area contributed by atoms with E-state index < -0.39 is 0 Å². The third-order valence-electron chi connectivity index (χ3n) is 3.87. The van der Waals surface area contributed by atoms with Crippen LogP contribution in [0.5, 0.6) is 0 Å². The SMILES string of the molecule is Brc1ccc(-c2ccc(/C=C3\CCCN=C3c3cccnc3)s2)s1.Cl.Cl. The number of nitrogens with zero attached hydrogens (tertiary/aromatic N) is 2. The van der Waals surface area contributed by atoms with Gasteiger partial charge in [-0.25, -0.2) is 0 Å². The van der Waals surface area contributed by atoms with Gasteiger partial charge in [-0.1, -0.05) is 0 Å². The highest BCUT2D eigenvalue weighted by Gasteiger charge is 2.15. The fourth-order valence-corrected chi connectivity index (χ4v) is 5.23. The zero-order valence-corrected chi connectivity index (χ0v) is 18.6. The summed E-state index contributed by atoms with van der Waals surface area (Å²) in [6.07, 6.45) is 8.20. The van der Waals surface area contributed by atoms with Crippen LogP contribution in [0.3, 0.4) is 0 Å². The van der Waals surface area contributed by atoms with E-state index in [4.69, 9.17) is 4.99 Å². The molecular weight excluding hydrogens is 471 g/mol. The maximum absolute atomic E-state index is 4.75. The van der Waals surface area contributed by atoms with Crippen LogP contribution in [0, 0.1) is 0 Å². The predicted molar refractivity (Wildman–Crippen MR) is 123 cm³/mol. The van der Waals surface area contributed by atoms with Crippen molar-refractivity contribution >= 4 is 75.2 Å². The van der Waals surface area contributed by atoms with Crippen molar-refractivity contribution in [1.82, 2.24) is 4.98 Å². The number of pyridine rings is 1. The first-order valence-corrected chi connectivity index (χ1v) is 10.2. The molecule has 4 heterocycles. The third kappa shape index (κ3) is 4.84. The number of aliphatic imine (C=N–C) groups is 1. The molecule has 0 unspecified atom stereocenters. The van der Waals surface area contributed by atoms with Gasteiger partial charge in [0.2, 0.25) is 0 Å². The average molecular weight is 488 g/mol. The molecule has 3 aromatic heterocycles. The molecule has 0 spiro atoms. The lowest BCUT2D eigenvalue weighted by Crippen LogP contribution is -2.11. The minimum absolute atomic E-state index is 0. The fraction of sp³-hybridized carbons (Fsp3) is 0.158. The van der Waals surface area contributed by atoms with Crippen LogP contribution < -0.4 is 0 Å². The zero-order valence-electron chi connectivity index (χ0n) is 13.7. The van der Waals surface area contributed by atoms with Crippen LogP contribution in [-0.2, 0) is 0 Å². The summed E-state index contributed by atoms with van der Waals surface area (Å²) >= 11 is 7.14. The summed E-state index contributed by atoms with van der Waals surface area (Å²) in [5, 5.41) is 0. The molecular formula is C19H17BrCl2N2S2. The Morgan fingerprint density at radius 1 is 1.00 bits per heavy atom. The molecule has 136 valence electrons. The van der Waals surface area contributed by atoms with Crippen LogP contribution in [0.4, 0.5) is 0 Å². The van der Waals surface area contributed by atoms with E-state index in [0.717, 1.165) is 30.7 Å². The topological polar surface area (TPSA) is 25.2 Å². The second kappa shape index (κ2) is 9.81. The van der Waals surface area contributed by atoms with Crippen molar-refractivity contribution in [3.8, 4) is 9.75 Å². The highest BCUT2D eigenvalue weighted by molar-refractivity contribution is 9.11. The van der Waals surface area contributed by atoms with Crippen molar-refractivity contribution in [2.24, 2.45) is 4.99 Å². The van der Waals surface area contributed by atoms with Crippen LogP contribution in [-0.4, -0.2) is 17.2 Å². The van der Waals surface area contributed by atoms with Gasteiger partial charge in [-0.15, -0.1) is 47.5 Å². The lowest BCUT2D eigenvalue weighted by atomic mass is 9.96. The second-order valence-corrected chi connectivity index (χ2v) is 9.13. The smallest absolute Gasteiger partial charge is 0.0705 e. The van der Waals surface area contributed by atoms with Gasteiger partial charge < -0.3 is 0 Å². The lowest BCUT2D eigenvalue weighted by molar-refractivity contribution is 0.818. The molecule has 0 atom stereocenters. The molecule has 4 rings (SSSR count). The molecule has 3 aromatic rings. The average Bonchev–Trinajstić information content (AvgIpc) is 3.25. The van der Waals surface area contributed by atoms with Gasteiger partial charge in [0.25, 0.3) is 0 Å². The first-order chi connectivity index (χ1) is 11.8. The quantitative estimate of drug-likeness (QED) is 0.385. The first kappa shape index (κ1) is 21.3. The Hall–Kier alpha value is -0.980. The van der Waals surface area contributed by atoms with E-state index in [-0.39, 0.29) is 24.8 Å². The van der Waals surface area contributed by atoms with Crippen LogP contribution in [0.2, 0.25) is 0 Å². The number of aromatic nitrogens is 1. The lowest BCUT2D eigenvalue weighted by Gasteiger charge is -2.15. The van der Waals surface area contributed by atoms with Gasteiger partial charge >= 0.3 is 0 Å². The van der Waals surface area contributed by atoms with Crippen LogP contribution >= 0.6 is 63.4 Å². The number of rotatable bonds is 3. The highest BCUT2D eigenvalue weighted by atomic mass is 79.9. The number of allylic oxidation sites excluding steroid dienone is 1. The zero-order chi connectivity index (χ0) is 16.4. The van der Waals surface area contributed by atoms with Crippen molar-refractivity contribution in [2.75, 3.05) is 6.54 Å². The molecule has 0 aliphatic carbocycles. The maximum Gasteiger partial charge on any atom is 0.0705 e. The first-order valence-electron chi connectivity index (χ1n) is 7.81. The van der Waals surface area contributed by atoms with E-state index in [1.807, 2.05) is 23.6 Å².